The molecule has 10 rings (SSSR count). The van der Waals surface area contributed by atoms with E-state index in [9.17, 15) is 0 Å². The minimum Gasteiger partial charge on any atom is -0.456 e. The summed E-state index contributed by atoms with van der Waals surface area (Å²) >= 11 is 0. The third-order valence-electron chi connectivity index (χ3n) is 10.2. The first-order valence-electron chi connectivity index (χ1n) is 17.7. The number of hydrogen-bond donors (Lipinski definition) is 0. The van der Waals surface area contributed by atoms with Crippen LogP contribution in [-0.2, 0) is 0 Å². The van der Waals surface area contributed by atoms with E-state index in [1.54, 1.807) is 0 Å². The van der Waals surface area contributed by atoms with Crippen molar-refractivity contribution in [2.24, 2.45) is 0 Å². The van der Waals surface area contributed by atoms with Crippen molar-refractivity contribution in [3.63, 3.8) is 0 Å². The van der Waals surface area contributed by atoms with Gasteiger partial charge in [-0.3, -0.25) is 0 Å². The SMILES string of the molecule is c1ccc(N(c2cccc(-c3ccc4ccc(-c5ccc6ccccc6c5)cc4c3)c2)c2cccc(-c3ccc4c(c3)oc3ccccc34)c2)cc1. The average molecular weight is 664 g/mol. The van der Waals surface area contributed by atoms with E-state index in [2.05, 4.69) is 193 Å². The van der Waals surface area contributed by atoms with Crippen LogP contribution in [0.15, 0.2) is 205 Å². The van der Waals surface area contributed by atoms with Gasteiger partial charge in [0, 0.05) is 27.8 Å². The molecule has 1 aromatic heterocycles. The molecule has 0 aliphatic carbocycles. The maximum atomic E-state index is 6.25. The Morgan fingerprint density at radius 1 is 0.269 bits per heavy atom. The topological polar surface area (TPSA) is 16.4 Å². The average Bonchev–Trinajstić information content (AvgIpc) is 3.59. The predicted octanol–water partition coefficient (Wildman–Crippen LogP) is 14.4. The molecule has 1 heterocycles. The molecular formula is C50H33NO. The van der Waals surface area contributed by atoms with Gasteiger partial charge in [-0.25, -0.2) is 0 Å². The van der Waals surface area contributed by atoms with Crippen LogP contribution in [0.4, 0.5) is 17.1 Å². The summed E-state index contributed by atoms with van der Waals surface area (Å²) in [4.78, 5) is 2.34. The van der Waals surface area contributed by atoms with Crippen molar-refractivity contribution in [2.75, 3.05) is 4.90 Å². The quantitative estimate of drug-likeness (QED) is 0.176. The number of para-hydroxylation sites is 2. The molecule has 0 spiro atoms. The molecular weight excluding hydrogens is 631 g/mol. The molecule has 10 aromatic rings. The highest BCUT2D eigenvalue weighted by molar-refractivity contribution is 6.06. The van der Waals surface area contributed by atoms with Gasteiger partial charge >= 0.3 is 0 Å². The molecule has 52 heavy (non-hydrogen) atoms. The lowest BCUT2D eigenvalue weighted by atomic mass is 9.96. The van der Waals surface area contributed by atoms with Gasteiger partial charge in [0.05, 0.1) is 0 Å². The van der Waals surface area contributed by atoms with E-state index in [4.69, 9.17) is 4.42 Å². The van der Waals surface area contributed by atoms with Gasteiger partial charge in [0.2, 0.25) is 0 Å². The molecule has 0 bridgehead atoms. The first kappa shape index (κ1) is 30.0. The molecule has 0 amide bonds. The molecule has 0 unspecified atom stereocenters. The van der Waals surface area contributed by atoms with Gasteiger partial charge in [-0.05, 0) is 128 Å². The van der Waals surface area contributed by atoms with Crippen LogP contribution < -0.4 is 4.90 Å². The zero-order chi connectivity index (χ0) is 34.4. The molecule has 9 aromatic carbocycles. The summed E-state index contributed by atoms with van der Waals surface area (Å²) in [7, 11) is 0. The molecule has 0 saturated heterocycles. The van der Waals surface area contributed by atoms with E-state index in [0.717, 1.165) is 50.1 Å². The highest BCUT2D eigenvalue weighted by Crippen LogP contribution is 2.40. The number of hydrogen-bond acceptors (Lipinski definition) is 2. The first-order valence-corrected chi connectivity index (χ1v) is 17.7. The van der Waals surface area contributed by atoms with Crippen LogP contribution in [-0.4, -0.2) is 0 Å². The van der Waals surface area contributed by atoms with E-state index >= 15 is 0 Å². The minimum absolute atomic E-state index is 0.900. The van der Waals surface area contributed by atoms with Gasteiger partial charge in [-0.15, -0.1) is 0 Å². The molecule has 2 heteroatoms. The molecule has 0 aliphatic heterocycles. The van der Waals surface area contributed by atoms with Crippen LogP contribution in [0, 0.1) is 0 Å². The minimum atomic E-state index is 0.900. The van der Waals surface area contributed by atoms with Crippen LogP contribution in [0.2, 0.25) is 0 Å². The molecule has 2 nitrogen and oxygen atoms in total. The largest absolute Gasteiger partial charge is 0.456 e. The lowest BCUT2D eigenvalue weighted by Crippen LogP contribution is -2.10. The lowest BCUT2D eigenvalue weighted by Gasteiger charge is -2.26. The van der Waals surface area contributed by atoms with Gasteiger partial charge < -0.3 is 9.32 Å². The van der Waals surface area contributed by atoms with Gasteiger partial charge in [0.1, 0.15) is 11.2 Å². The van der Waals surface area contributed by atoms with Crippen LogP contribution in [0.3, 0.4) is 0 Å². The number of fused-ring (bicyclic) bond motifs is 5. The summed E-state index contributed by atoms with van der Waals surface area (Å²) in [6.07, 6.45) is 0. The molecule has 0 atom stereocenters. The lowest BCUT2D eigenvalue weighted by molar-refractivity contribution is 0.669. The van der Waals surface area contributed by atoms with Crippen molar-refractivity contribution >= 4 is 60.5 Å². The Hall–Kier alpha value is -6.90. The second-order valence-electron chi connectivity index (χ2n) is 13.4. The fraction of sp³-hybridized carbons (Fsp3) is 0. The third-order valence-corrected chi connectivity index (χ3v) is 10.2. The number of anilines is 3. The monoisotopic (exact) mass is 663 g/mol. The number of furan rings is 1. The summed E-state index contributed by atoms with van der Waals surface area (Å²) in [6.45, 7) is 0. The standard InChI is InChI=1S/C50H33NO/c1-2-14-44(15-3-1)51(46-17-9-13-38(32-46)42-26-27-48-47-18-6-7-19-49(47)52-50(48)33-42)45-16-8-12-37(31-45)40-24-21-35-22-25-41(30-43(35)29-40)39-23-20-34-10-4-5-11-36(34)28-39/h1-33H. The van der Waals surface area contributed by atoms with Crippen LogP contribution in [0.5, 0.6) is 0 Å². The van der Waals surface area contributed by atoms with Gasteiger partial charge in [0.15, 0.2) is 0 Å². The molecule has 244 valence electrons. The molecule has 0 saturated carbocycles. The van der Waals surface area contributed by atoms with Crippen LogP contribution >= 0.6 is 0 Å². The van der Waals surface area contributed by atoms with E-state index in [-0.39, 0.29) is 0 Å². The van der Waals surface area contributed by atoms with Gasteiger partial charge in [-0.2, -0.15) is 0 Å². The van der Waals surface area contributed by atoms with Crippen molar-refractivity contribution in [2.45, 2.75) is 0 Å². The van der Waals surface area contributed by atoms with E-state index < -0.39 is 0 Å². The van der Waals surface area contributed by atoms with Gasteiger partial charge in [-0.1, -0.05) is 127 Å². The summed E-state index contributed by atoms with van der Waals surface area (Å²) in [6, 6.07) is 71.8. The fourth-order valence-electron chi connectivity index (χ4n) is 7.55. The summed E-state index contributed by atoms with van der Waals surface area (Å²) in [5, 5.41) is 7.25. The van der Waals surface area contributed by atoms with Crippen molar-refractivity contribution in [1.82, 2.24) is 0 Å². The van der Waals surface area contributed by atoms with E-state index in [0.29, 0.717) is 0 Å². The summed E-state index contributed by atoms with van der Waals surface area (Å²) in [5.74, 6) is 0. The van der Waals surface area contributed by atoms with E-state index in [1.165, 1.54) is 43.8 Å². The number of benzene rings is 9. The maximum absolute atomic E-state index is 6.25. The van der Waals surface area contributed by atoms with Crippen LogP contribution in [0.25, 0.3) is 76.9 Å². The predicted molar refractivity (Wildman–Crippen MR) is 220 cm³/mol. The zero-order valence-electron chi connectivity index (χ0n) is 28.4. The fourth-order valence-corrected chi connectivity index (χ4v) is 7.55. The first-order chi connectivity index (χ1) is 25.7. The number of rotatable bonds is 6. The Balaban J connectivity index is 1.03. The zero-order valence-corrected chi connectivity index (χ0v) is 28.4. The van der Waals surface area contributed by atoms with Crippen molar-refractivity contribution in [1.29, 1.82) is 0 Å². The molecule has 0 aliphatic rings. The van der Waals surface area contributed by atoms with Crippen molar-refractivity contribution < 1.29 is 4.42 Å². The number of nitrogens with zero attached hydrogens (tertiary/aromatic N) is 1. The molecule has 0 radical (unpaired) electrons. The van der Waals surface area contributed by atoms with Crippen molar-refractivity contribution in [3.05, 3.63) is 200 Å². The second-order valence-corrected chi connectivity index (χ2v) is 13.4. The van der Waals surface area contributed by atoms with Crippen molar-refractivity contribution in [3.8, 4) is 33.4 Å². The summed E-state index contributed by atoms with van der Waals surface area (Å²) in [5.41, 5.74) is 12.2. The maximum Gasteiger partial charge on any atom is 0.136 e. The third kappa shape index (κ3) is 5.39. The smallest absolute Gasteiger partial charge is 0.136 e. The second kappa shape index (κ2) is 12.5. The highest BCUT2D eigenvalue weighted by Gasteiger charge is 2.15. The Morgan fingerprint density at radius 3 is 1.44 bits per heavy atom. The molecule has 0 N–H and O–H groups in total. The van der Waals surface area contributed by atoms with Crippen LogP contribution in [0.1, 0.15) is 0 Å². The van der Waals surface area contributed by atoms with E-state index in [1.807, 2.05) is 12.1 Å². The normalized spacial score (nSPS) is 11.5. The Labute approximate surface area is 302 Å². The Kier molecular flexibility index (Phi) is 7.18. The Bertz CT molecular complexity index is 2920. The molecule has 0 fully saturated rings. The highest BCUT2D eigenvalue weighted by atomic mass is 16.3. The summed E-state index contributed by atoms with van der Waals surface area (Å²) < 4.78 is 6.25. The van der Waals surface area contributed by atoms with Gasteiger partial charge in [0.25, 0.3) is 0 Å². The Morgan fingerprint density at radius 2 is 0.750 bits per heavy atom.